The number of hydrogen-bond donors (Lipinski definition) is 0. The van der Waals surface area contributed by atoms with Crippen LogP contribution in [0, 0.1) is 11.3 Å². The first-order chi connectivity index (χ1) is 6.26. The smallest absolute Gasteiger partial charge is 0.409 e. The maximum Gasteiger partial charge on any atom is 0.409 e. The molecule has 5 heteroatoms. The Morgan fingerprint density at radius 3 is 2.62 bits per heavy atom. The van der Waals surface area contributed by atoms with Gasteiger partial charge in [-0.2, -0.15) is 5.26 Å². The van der Waals surface area contributed by atoms with Crippen LogP contribution >= 0.6 is 0 Å². The van der Waals surface area contributed by atoms with E-state index in [0.29, 0.717) is 26.1 Å². The number of amides is 1. The summed E-state index contributed by atoms with van der Waals surface area (Å²) in [5.41, 5.74) is 0. The first-order valence-electron chi connectivity index (χ1n) is 3.95. The molecule has 0 saturated heterocycles. The Balaban J connectivity index is 3.88. The Morgan fingerprint density at radius 1 is 1.46 bits per heavy atom. The van der Waals surface area contributed by atoms with Crippen LogP contribution in [0.5, 0.6) is 0 Å². The Morgan fingerprint density at radius 2 is 2.15 bits per heavy atom. The topological polar surface area (TPSA) is 62.6 Å². The molecule has 0 aromatic carbocycles. The van der Waals surface area contributed by atoms with Gasteiger partial charge in [-0.25, -0.2) is 4.79 Å². The van der Waals surface area contributed by atoms with Gasteiger partial charge in [0.15, 0.2) is 0 Å². The molecule has 0 atom stereocenters. The molecule has 1 amide bonds. The summed E-state index contributed by atoms with van der Waals surface area (Å²) in [5, 5.41) is 8.34. The Hall–Kier alpha value is -1.28. The molecule has 0 aliphatic rings. The maximum absolute atomic E-state index is 11.1. The molecule has 0 fully saturated rings. The van der Waals surface area contributed by atoms with E-state index in [1.165, 1.54) is 12.0 Å². The minimum atomic E-state index is -0.424. The van der Waals surface area contributed by atoms with Crippen LogP contribution in [0.15, 0.2) is 0 Å². The summed E-state index contributed by atoms with van der Waals surface area (Å²) in [5.74, 6) is 0. The molecule has 13 heavy (non-hydrogen) atoms. The van der Waals surface area contributed by atoms with Gasteiger partial charge in [-0.15, -0.1) is 0 Å². The van der Waals surface area contributed by atoms with Gasteiger partial charge in [-0.3, -0.25) is 0 Å². The van der Waals surface area contributed by atoms with Crippen molar-refractivity contribution in [2.75, 3.05) is 33.9 Å². The zero-order valence-corrected chi connectivity index (χ0v) is 7.95. The average Bonchev–Trinajstić information content (AvgIpc) is 2.17. The van der Waals surface area contributed by atoms with Crippen molar-refractivity contribution in [3.63, 3.8) is 0 Å². The van der Waals surface area contributed by atoms with Gasteiger partial charge in [0, 0.05) is 20.2 Å². The fourth-order valence-corrected chi connectivity index (χ4v) is 0.810. The fourth-order valence-electron chi connectivity index (χ4n) is 0.810. The highest BCUT2D eigenvalue weighted by Crippen LogP contribution is 1.94. The average molecular weight is 186 g/mol. The van der Waals surface area contributed by atoms with E-state index in [4.69, 9.17) is 10.00 Å². The van der Waals surface area contributed by atoms with Crippen LogP contribution in [-0.4, -0.2) is 44.9 Å². The standard InChI is InChI=1S/C8H14N2O3/c1-12-7-6-10(5-3-4-9)8(11)13-2/h3,5-7H2,1-2H3. The molecule has 0 heterocycles. The van der Waals surface area contributed by atoms with Gasteiger partial charge < -0.3 is 14.4 Å². The Bertz CT molecular complexity index is 188. The second-order valence-electron chi connectivity index (χ2n) is 2.36. The zero-order chi connectivity index (χ0) is 10.1. The second-order valence-corrected chi connectivity index (χ2v) is 2.36. The summed E-state index contributed by atoms with van der Waals surface area (Å²) in [6.45, 7) is 1.28. The number of methoxy groups -OCH3 is 2. The predicted molar refractivity (Wildman–Crippen MR) is 46.1 cm³/mol. The lowest BCUT2D eigenvalue weighted by molar-refractivity contribution is 0.104. The van der Waals surface area contributed by atoms with E-state index in [1.807, 2.05) is 6.07 Å². The number of ether oxygens (including phenoxy) is 2. The molecule has 0 N–H and O–H groups in total. The van der Waals surface area contributed by atoms with Crippen LogP contribution in [0.1, 0.15) is 6.42 Å². The molecule has 0 bridgehead atoms. The van der Waals surface area contributed by atoms with Crippen molar-refractivity contribution >= 4 is 6.09 Å². The van der Waals surface area contributed by atoms with Crippen LogP contribution in [0.2, 0.25) is 0 Å². The summed E-state index contributed by atoms with van der Waals surface area (Å²) < 4.78 is 9.34. The molecule has 0 aromatic heterocycles. The number of carbonyl (C=O) groups is 1. The molecule has 0 saturated carbocycles. The fraction of sp³-hybridized carbons (Fsp3) is 0.750. The monoisotopic (exact) mass is 186 g/mol. The quantitative estimate of drug-likeness (QED) is 0.631. The van der Waals surface area contributed by atoms with Gasteiger partial charge in [0.2, 0.25) is 0 Å². The third-order valence-corrected chi connectivity index (χ3v) is 1.49. The highest BCUT2D eigenvalue weighted by atomic mass is 16.5. The molecule has 0 rings (SSSR count). The third-order valence-electron chi connectivity index (χ3n) is 1.49. The molecule has 0 unspecified atom stereocenters. The van der Waals surface area contributed by atoms with Crippen LogP contribution in [-0.2, 0) is 9.47 Å². The molecule has 0 aromatic rings. The Kier molecular flexibility index (Phi) is 6.65. The van der Waals surface area contributed by atoms with Gasteiger partial charge >= 0.3 is 6.09 Å². The van der Waals surface area contributed by atoms with Gasteiger partial charge in [0.1, 0.15) is 0 Å². The summed E-state index contributed by atoms with van der Waals surface area (Å²) in [6.07, 6.45) is -0.119. The SMILES string of the molecule is COCCN(CCC#N)C(=O)OC. The summed E-state index contributed by atoms with van der Waals surface area (Å²) in [7, 11) is 2.87. The lowest BCUT2D eigenvalue weighted by Gasteiger charge is -2.18. The van der Waals surface area contributed by atoms with Gasteiger partial charge in [0.05, 0.1) is 26.2 Å². The number of rotatable bonds is 5. The largest absolute Gasteiger partial charge is 0.453 e. The maximum atomic E-state index is 11.1. The third kappa shape index (κ3) is 5.04. The van der Waals surface area contributed by atoms with Crippen LogP contribution in [0.4, 0.5) is 4.79 Å². The van der Waals surface area contributed by atoms with Crippen LogP contribution in [0.3, 0.4) is 0 Å². The predicted octanol–water partition coefficient (Wildman–Crippen LogP) is 0.615. The minimum Gasteiger partial charge on any atom is -0.453 e. The molecule has 5 nitrogen and oxygen atoms in total. The van der Waals surface area contributed by atoms with Crippen LogP contribution < -0.4 is 0 Å². The normalized spacial score (nSPS) is 9.00. The molecule has 0 aliphatic carbocycles. The van der Waals surface area contributed by atoms with Gasteiger partial charge in [-0.1, -0.05) is 0 Å². The van der Waals surface area contributed by atoms with E-state index in [1.54, 1.807) is 7.11 Å². The number of hydrogen-bond acceptors (Lipinski definition) is 4. The van der Waals surface area contributed by atoms with Crippen molar-refractivity contribution in [2.24, 2.45) is 0 Å². The van der Waals surface area contributed by atoms with Crippen LogP contribution in [0.25, 0.3) is 0 Å². The van der Waals surface area contributed by atoms with Crippen molar-refractivity contribution < 1.29 is 14.3 Å². The number of carbonyl (C=O) groups excluding carboxylic acids is 1. The summed E-state index contributed by atoms with van der Waals surface area (Å²) in [4.78, 5) is 12.5. The molecular formula is C8H14N2O3. The lowest BCUT2D eigenvalue weighted by atomic mass is 10.4. The number of nitriles is 1. The number of nitrogens with zero attached hydrogens (tertiary/aromatic N) is 2. The van der Waals surface area contributed by atoms with Crippen molar-refractivity contribution in [1.29, 1.82) is 5.26 Å². The van der Waals surface area contributed by atoms with Crippen molar-refractivity contribution in [2.45, 2.75) is 6.42 Å². The minimum absolute atomic E-state index is 0.304. The molecule has 0 spiro atoms. The molecular weight excluding hydrogens is 172 g/mol. The summed E-state index contributed by atoms with van der Waals surface area (Å²) in [6, 6.07) is 1.96. The molecule has 0 aliphatic heterocycles. The highest BCUT2D eigenvalue weighted by molar-refractivity contribution is 5.67. The summed E-state index contributed by atoms with van der Waals surface area (Å²) >= 11 is 0. The van der Waals surface area contributed by atoms with E-state index in [-0.39, 0.29) is 0 Å². The van der Waals surface area contributed by atoms with E-state index < -0.39 is 6.09 Å². The van der Waals surface area contributed by atoms with Gasteiger partial charge in [0.25, 0.3) is 0 Å². The molecule has 74 valence electrons. The first kappa shape index (κ1) is 11.7. The first-order valence-corrected chi connectivity index (χ1v) is 3.95. The van der Waals surface area contributed by atoms with E-state index in [0.717, 1.165) is 0 Å². The lowest BCUT2D eigenvalue weighted by Crippen LogP contribution is -2.34. The van der Waals surface area contributed by atoms with Crippen molar-refractivity contribution in [3.05, 3.63) is 0 Å². The molecule has 0 radical (unpaired) electrons. The van der Waals surface area contributed by atoms with Gasteiger partial charge in [-0.05, 0) is 0 Å². The van der Waals surface area contributed by atoms with E-state index >= 15 is 0 Å². The van der Waals surface area contributed by atoms with Crippen molar-refractivity contribution in [1.82, 2.24) is 4.90 Å². The second kappa shape index (κ2) is 7.37. The highest BCUT2D eigenvalue weighted by Gasteiger charge is 2.11. The van der Waals surface area contributed by atoms with E-state index in [9.17, 15) is 4.79 Å². The Labute approximate surface area is 77.8 Å². The van der Waals surface area contributed by atoms with Crippen molar-refractivity contribution in [3.8, 4) is 6.07 Å². The van der Waals surface area contributed by atoms with E-state index in [2.05, 4.69) is 4.74 Å². The zero-order valence-electron chi connectivity index (χ0n) is 7.95.